The van der Waals surface area contributed by atoms with Crippen molar-refractivity contribution >= 4 is 25.3 Å². The van der Waals surface area contributed by atoms with Crippen LogP contribution in [0.1, 0.15) is 38.6 Å². The largest absolute Gasteiger partial charge is 0.453 e. The minimum atomic E-state index is -0.639. The number of aromatic amines is 1. The molecule has 0 unspecified atom stereocenters. The van der Waals surface area contributed by atoms with Gasteiger partial charge in [-0.3, -0.25) is 4.79 Å². The van der Waals surface area contributed by atoms with Crippen molar-refractivity contribution in [3.63, 3.8) is 0 Å². The fourth-order valence-corrected chi connectivity index (χ4v) is 3.51. The number of imidazole rings is 1. The van der Waals surface area contributed by atoms with Crippen molar-refractivity contribution in [2.24, 2.45) is 5.92 Å². The first kappa shape index (κ1) is 20.0. The summed E-state index contributed by atoms with van der Waals surface area (Å²) in [4.78, 5) is 34.4. The van der Waals surface area contributed by atoms with Crippen molar-refractivity contribution in [1.29, 1.82) is 0 Å². The van der Waals surface area contributed by atoms with E-state index < -0.39 is 12.1 Å². The third-order valence-electron chi connectivity index (χ3n) is 5.06. The van der Waals surface area contributed by atoms with Crippen LogP contribution >= 0.6 is 0 Å². The van der Waals surface area contributed by atoms with E-state index in [-0.39, 0.29) is 17.9 Å². The lowest BCUT2D eigenvalue weighted by Gasteiger charge is -2.30. The first-order chi connectivity index (χ1) is 13.4. The summed E-state index contributed by atoms with van der Waals surface area (Å²) in [6.45, 7) is 4.43. The maximum Gasteiger partial charge on any atom is 0.407 e. The summed E-state index contributed by atoms with van der Waals surface area (Å²) >= 11 is 0. The molecule has 1 aromatic heterocycles. The third kappa shape index (κ3) is 4.21. The fraction of sp³-hybridized carbons (Fsp3) is 0.450. The molecule has 7 nitrogen and oxygen atoms in total. The van der Waals surface area contributed by atoms with E-state index in [9.17, 15) is 9.59 Å². The van der Waals surface area contributed by atoms with Crippen molar-refractivity contribution in [1.82, 2.24) is 20.2 Å². The molecule has 1 saturated heterocycles. The molecule has 0 saturated carbocycles. The van der Waals surface area contributed by atoms with Crippen LogP contribution in [0.4, 0.5) is 4.79 Å². The van der Waals surface area contributed by atoms with E-state index in [1.807, 2.05) is 38.1 Å². The molecular formula is C20H25BN4O3. The molecule has 3 rings (SSSR count). The Morgan fingerprint density at radius 2 is 2.04 bits per heavy atom. The van der Waals surface area contributed by atoms with E-state index in [0.717, 1.165) is 29.9 Å². The molecule has 2 atom stereocenters. The van der Waals surface area contributed by atoms with Gasteiger partial charge in [0.1, 0.15) is 19.7 Å². The number of benzene rings is 1. The highest BCUT2D eigenvalue weighted by Gasteiger charge is 2.37. The topological polar surface area (TPSA) is 87.3 Å². The predicted octanol–water partition coefficient (Wildman–Crippen LogP) is 1.91. The lowest BCUT2D eigenvalue weighted by atomic mass is 9.95. The van der Waals surface area contributed by atoms with Gasteiger partial charge in [0.15, 0.2) is 0 Å². The van der Waals surface area contributed by atoms with Crippen LogP contribution in [0, 0.1) is 5.92 Å². The van der Waals surface area contributed by atoms with Gasteiger partial charge in [-0.1, -0.05) is 43.6 Å². The van der Waals surface area contributed by atoms with Gasteiger partial charge in [0.2, 0.25) is 5.91 Å². The maximum atomic E-state index is 13.1. The molecule has 1 aliphatic heterocycles. The summed E-state index contributed by atoms with van der Waals surface area (Å²) < 4.78 is 4.67. The lowest BCUT2D eigenvalue weighted by Crippen LogP contribution is -2.51. The summed E-state index contributed by atoms with van der Waals surface area (Å²) in [6, 6.07) is 6.76. The number of ether oxygens (including phenoxy) is 1. The Bertz CT molecular complexity index is 834. The number of amides is 2. The number of rotatable bonds is 5. The molecule has 1 aliphatic rings. The Labute approximate surface area is 166 Å². The van der Waals surface area contributed by atoms with Gasteiger partial charge in [-0.2, -0.15) is 0 Å². The molecule has 0 aliphatic carbocycles. The standard InChI is InChI=1S/C20H25BN4O3/c1-12(2)17(24-20(27)28-3)19(26)25-10-4-5-16(25)18-22-11-15(23-18)13-6-8-14(21)9-7-13/h6-9,11-12,16-17H,4-5,10H2,1-3H3,(H,22,23)(H,24,27)/t16-,17-/m0/s1. The molecule has 8 heteroatoms. The molecule has 28 heavy (non-hydrogen) atoms. The smallest absolute Gasteiger partial charge is 0.407 e. The van der Waals surface area contributed by atoms with Crippen molar-refractivity contribution in [3.8, 4) is 11.3 Å². The van der Waals surface area contributed by atoms with Crippen molar-refractivity contribution in [2.45, 2.75) is 38.8 Å². The molecule has 0 spiro atoms. The monoisotopic (exact) mass is 380 g/mol. The average Bonchev–Trinajstić information content (AvgIpc) is 3.34. The molecule has 2 amide bonds. The van der Waals surface area contributed by atoms with Crippen molar-refractivity contribution in [2.75, 3.05) is 13.7 Å². The summed E-state index contributed by atoms with van der Waals surface area (Å²) in [5.41, 5.74) is 2.56. The van der Waals surface area contributed by atoms with E-state index in [1.54, 1.807) is 11.1 Å². The highest BCUT2D eigenvalue weighted by atomic mass is 16.5. The van der Waals surface area contributed by atoms with E-state index in [2.05, 4.69) is 20.0 Å². The zero-order chi connectivity index (χ0) is 20.3. The molecule has 2 N–H and O–H groups in total. The van der Waals surface area contributed by atoms with E-state index in [4.69, 9.17) is 7.85 Å². The minimum Gasteiger partial charge on any atom is -0.453 e. The predicted molar refractivity (Wildman–Crippen MR) is 107 cm³/mol. The van der Waals surface area contributed by atoms with Crippen LogP contribution < -0.4 is 10.8 Å². The number of carbonyl (C=O) groups excluding carboxylic acids is 2. The highest BCUT2D eigenvalue weighted by molar-refractivity contribution is 6.32. The molecule has 2 aromatic rings. The Morgan fingerprint density at radius 3 is 2.68 bits per heavy atom. The number of nitrogens with one attached hydrogen (secondary N) is 2. The van der Waals surface area contributed by atoms with Gasteiger partial charge in [0, 0.05) is 6.54 Å². The Kier molecular flexibility index (Phi) is 6.07. The van der Waals surface area contributed by atoms with Crippen LogP contribution in [-0.4, -0.2) is 54.4 Å². The number of H-pyrrole nitrogens is 1. The number of aromatic nitrogens is 2. The molecule has 146 valence electrons. The normalized spacial score (nSPS) is 17.6. The zero-order valence-corrected chi connectivity index (χ0v) is 16.4. The van der Waals surface area contributed by atoms with Crippen LogP contribution in [0.15, 0.2) is 30.5 Å². The fourth-order valence-electron chi connectivity index (χ4n) is 3.51. The lowest BCUT2D eigenvalue weighted by molar-refractivity contribution is -0.135. The van der Waals surface area contributed by atoms with Gasteiger partial charge >= 0.3 is 6.09 Å². The Hall–Kier alpha value is -2.77. The molecule has 0 bridgehead atoms. The zero-order valence-electron chi connectivity index (χ0n) is 16.4. The van der Waals surface area contributed by atoms with Crippen LogP contribution in [0.25, 0.3) is 11.3 Å². The first-order valence-corrected chi connectivity index (χ1v) is 9.46. The van der Waals surface area contributed by atoms with Gasteiger partial charge in [-0.05, 0) is 24.3 Å². The number of hydrogen-bond acceptors (Lipinski definition) is 4. The second-order valence-corrected chi connectivity index (χ2v) is 7.35. The third-order valence-corrected chi connectivity index (χ3v) is 5.06. The van der Waals surface area contributed by atoms with E-state index in [0.29, 0.717) is 12.0 Å². The Morgan fingerprint density at radius 1 is 1.32 bits per heavy atom. The van der Waals surface area contributed by atoms with Gasteiger partial charge in [-0.15, -0.1) is 0 Å². The SMILES string of the molecule is [B]c1ccc(-c2cnc([C@@H]3CCCN3C(=O)[C@@H](NC(=O)OC)C(C)C)[nH]2)cc1. The summed E-state index contributed by atoms with van der Waals surface area (Å²) in [7, 11) is 7.04. The number of nitrogens with zero attached hydrogens (tertiary/aromatic N) is 2. The quantitative estimate of drug-likeness (QED) is 0.776. The molecule has 1 aromatic carbocycles. The molecule has 1 fully saturated rings. The van der Waals surface area contributed by atoms with Crippen LogP contribution in [0.2, 0.25) is 0 Å². The van der Waals surface area contributed by atoms with Gasteiger partial charge in [-0.25, -0.2) is 9.78 Å². The van der Waals surface area contributed by atoms with E-state index in [1.165, 1.54) is 7.11 Å². The van der Waals surface area contributed by atoms with Gasteiger partial charge < -0.3 is 19.9 Å². The highest BCUT2D eigenvalue weighted by Crippen LogP contribution is 2.32. The van der Waals surface area contributed by atoms with Crippen molar-refractivity contribution in [3.05, 3.63) is 36.3 Å². The number of carbonyl (C=O) groups is 2. The van der Waals surface area contributed by atoms with Crippen molar-refractivity contribution < 1.29 is 14.3 Å². The number of alkyl carbamates (subject to hydrolysis) is 1. The van der Waals surface area contributed by atoms with Crippen LogP contribution in [-0.2, 0) is 9.53 Å². The number of hydrogen-bond donors (Lipinski definition) is 2. The summed E-state index contributed by atoms with van der Waals surface area (Å²) in [5.74, 6) is 0.571. The van der Waals surface area contributed by atoms with Gasteiger partial charge in [0.25, 0.3) is 0 Å². The second-order valence-electron chi connectivity index (χ2n) is 7.35. The van der Waals surface area contributed by atoms with E-state index >= 15 is 0 Å². The van der Waals surface area contributed by atoms with Crippen LogP contribution in [0.5, 0.6) is 0 Å². The maximum absolute atomic E-state index is 13.1. The number of likely N-dealkylation sites (tertiary alicyclic amines) is 1. The summed E-state index contributed by atoms with van der Waals surface area (Å²) in [5, 5.41) is 2.66. The molecular weight excluding hydrogens is 355 g/mol. The molecule has 2 radical (unpaired) electrons. The summed E-state index contributed by atoms with van der Waals surface area (Å²) in [6.07, 6.45) is 2.88. The van der Waals surface area contributed by atoms with Gasteiger partial charge in [0.05, 0.1) is 25.0 Å². The minimum absolute atomic E-state index is 0.0604. The number of methoxy groups -OCH3 is 1. The average molecular weight is 380 g/mol. The molecule has 2 heterocycles. The second kappa shape index (κ2) is 8.50. The Balaban J connectivity index is 1.79. The van der Waals surface area contributed by atoms with Crippen LogP contribution in [0.3, 0.4) is 0 Å². The first-order valence-electron chi connectivity index (χ1n) is 9.46.